The fourth-order valence-electron chi connectivity index (χ4n) is 0.958. The number of hydrogen-bond acceptors (Lipinski definition) is 4. The Bertz CT molecular complexity index is 520. The number of nitrogens with zero attached hydrogens (tertiary/aromatic N) is 1. The molecule has 0 atom stereocenters. The van der Waals surface area contributed by atoms with Gasteiger partial charge in [0.05, 0.1) is 4.90 Å². The first-order valence-electron chi connectivity index (χ1n) is 4.08. The molecule has 0 aliphatic heterocycles. The van der Waals surface area contributed by atoms with E-state index >= 15 is 0 Å². The maximum atomic E-state index is 11.6. The third kappa shape index (κ3) is 2.67. The fourth-order valence-corrected chi connectivity index (χ4v) is 3.06. The normalized spacial score (nSPS) is 13.1. The van der Waals surface area contributed by atoms with Gasteiger partial charge in [0.25, 0.3) is 10.0 Å². The summed E-state index contributed by atoms with van der Waals surface area (Å²) in [5, 5.41) is 0. The van der Waals surface area contributed by atoms with Crippen LogP contribution in [0, 0.1) is 6.92 Å². The minimum Gasteiger partial charge on any atom is -0.311 e. The molecule has 90 valence electrons. The maximum absolute atomic E-state index is 11.6. The van der Waals surface area contributed by atoms with E-state index in [4.69, 9.17) is 15.6 Å². The summed E-state index contributed by atoms with van der Waals surface area (Å²) in [6.45, 7) is 1.75. The lowest BCUT2D eigenvalue weighted by Crippen LogP contribution is -2.34. The largest absolute Gasteiger partial charge is 0.430 e. The molecule has 1 rings (SSSR count). The molecule has 0 heterocycles. The molecule has 7 nitrogen and oxygen atoms in total. The van der Waals surface area contributed by atoms with Crippen LogP contribution in [0.2, 0.25) is 0 Å². The molecule has 0 aromatic heterocycles. The number of hydrogen-bond donors (Lipinski definition) is 3. The van der Waals surface area contributed by atoms with Gasteiger partial charge in [-0.25, -0.2) is 18.8 Å². The van der Waals surface area contributed by atoms with Crippen molar-refractivity contribution >= 4 is 17.8 Å². The molecule has 4 N–H and O–H groups in total. The van der Waals surface area contributed by atoms with Gasteiger partial charge >= 0.3 is 7.75 Å². The van der Waals surface area contributed by atoms with E-state index in [0.717, 1.165) is 5.56 Å². The average molecular weight is 266 g/mol. The second-order valence-electron chi connectivity index (χ2n) is 3.10. The van der Waals surface area contributed by atoms with E-state index in [0.29, 0.717) is 0 Å². The lowest BCUT2D eigenvalue weighted by Gasteiger charge is -2.17. The van der Waals surface area contributed by atoms with E-state index in [9.17, 15) is 13.0 Å². The summed E-state index contributed by atoms with van der Waals surface area (Å²) in [5.41, 5.74) is 0.818. The van der Waals surface area contributed by atoms with Gasteiger partial charge in [0.1, 0.15) is 0 Å². The topological polar surface area (TPSA) is 121 Å². The SMILES string of the molecule is Cc1ccc(S(=O)(=O)N(N)P(=O)(O)O)cc1. The first-order valence-corrected chi connectivity index (χ1v) is 7.09. The third-order valence-corrected chi connectivity index (χ3v) is 4.98. The lowest BCUT2D eigenvalue weighted by molar-refractivity contribution is 0.321. The number of benzene rings is 1. The van der Waals surface area contributed by atoms with Gasteiger partial charge < -0.3 is 9.79 Å². The van der Waals surface area contributed by atoms with Crippen molar-refractivity contribution in [1.29, 1.82) is 0 Å². The molecule has 1 aromatic carbocycles. The van der Waals surface area contributed by atoms with Crippen LogP contribution in [0.3, 0.4) is 0 Å². The molecule has 0 bridgehead atoms. The van der Waals surface area contributed by atoms with Gasteiger partial charge in [0.2, 0.25) is 0 Å². The number of hydrazine groups is 1. The second kappa shape index (κ2) is 4.25. The van der Waals surface area contributed by atoms with Gasteiger partial charge in [0, 0.05) is 0 Å². The summed E-state index contributed by atoms with van der Waals surface area (Å²) in [6, 6.07) is 5.45. The highest BCUT2D eigenvalue weighted by Crippen LogP contribution is 2.40. The summed E-state index contributed by atoms with van der Waals surface area (Å²) in [7, 11) is -9.40. The number of sulfonamides is 1. The van der Waals surface area contributed by atoms with Crippen LogP contribution < -0.4 is 5.84 Å². The summed E-state index contributed by atoms with van der Waals surface area (Å²) in [6.07, 6.45) is 0. The Morgan fingerprint density at radius 2 is 1.69 bits per heavy atom. The van der Waals surface area contributed by atoms with Crippen LogP contribution in [0.4, 0.5) is 0 Å². The van der Waals surface area contributed by atoms with Crippen molar-refractivity contribution in [2.75, 3.05) is 0 Å². The van der Waals surface area contributed by atoms with Crippen LogP contribution in [-0.2, 0) is 14.6 Å². The minimum absolute atomic E-state index is 0.274. The molecule has 0 saturated carbocycles. The van der Waals surface area contributed by atoms with Crippen molar-refractivity contribution in [2.45, 2.75) is 11.8 Å². The Hall–Kier alpha value is -0.760. The van der Waals surface area contributed by atoms with E-state index in [2.05, 4.69) is 0 Å². The van der Waals surface area contributed by atoms with E-state index in [1.807, 2.05) is 0 Å². The van der Waals surface area contributed by atoms with Crippen molar-refractivity contribution in [3.8, 4) is 0 Å². The van der Waals surface area contributed by atoms with Gasteiger partial charge in [-0.3, -0.25) is 0 Å². The van der Waals surface area contributed by atoms with E-state index < -0.39 is 22.0 Å². The monoisotopic (exact) mass is 266 g/mol. The zero-order valence-electron chi connectivity index (χ0n) is 8.31. The zero-order chi connectivity index (χ0) is 12.6. The first-order chi connectivity index (χ1) is 7.15. The van der Waals surface area contributed by atoms with Crippen molar-refractivity contribution in [2.24, 2.45) is 5.84 Å². The highest BCUT2D eigenvalue weighted by Gasteiger charge is 2.35. The smallest absolute Gasteiger partial charge is 0.311 e. The van der Waals surface area contributed by atoms with Crippen LogP contribution in [0.5, 0.6) is 0 Å². The molecule has 0 radical (unpaired) electrons. The summed E-state index contributed by atoms with van der Waals surface area (Å²) in [5.74, 6) is 4.88. The highest BCUT2D eigenvalue weighted by atomic mass is 32.2. The predicted molar refractivity (Wildman–Crippen MR) is 56.4 cm³/mol. The molecule has 0 fully saturated rings. The van der Waals surface area contributed by atoms with E-state index in [1.165, 1.54) is 24.3 Å². The van der Waals surface area contributed by atoms with Crippen molar-refractivity contribution in [3.05, 3.63) is 29.8 Å². The highest BCUT2D eigenvalue weighted by molar-refractivity contribution is 7.93. The van der Waals surface area contributed by atoms with Gasteiger partial charge in [-0.1, -0.05) is 17.7 Å². The van der Waals surface area contributed by atoms with Crippen LogP contribution in [0.1, 0.15) is 5.56 Å². The Morgan fingerprint density at radius 3 is 2.06 bits per heavy atom. The molecule has 0 aliphatic rings. The molecule has 16 heavy (non-hydrogen) atoms. The first kappa shape index (κ1) is 13.3. The Balaban J connectivity index is 3.23. The molecule has 0 aliphatic carbocycles. The van der Waals surface area contributed by atoms with Crippen LogP contribution in [0.25, 0.3) is 0 Å². The van der Waals surface area contributed by atoms with Crippen LogP contribution in [-0.4, -0.2) is 22.4 Å². The van der Waals surface area contributed by atoms with Crippen LogP contribution in [0.15, 0.2) is 29.2 Å². The minimum atomic E-state index is -5.03. The number of rotatable bonds is 3. The lowest BCUT2D eigenvalue weighted by atomic mass is 10.2. The molecular formula is C7H11N2O5PS. The molecule has 0 spiro atoms. The third-order valence-electron chi connectivity index (χ3n) is 1.82. The van der Waals surface area contributed by atoms with E-state index in [-0.39, 0.29) is 4.90 Å². The fraction of sp³-hybridized carbons (Fsp3) is 0.143. The Kier molecular flexibility index (Phi) is 3.53. The molecular weight excluding hydrogens is 255 g/mol. The quantitative estimate of drug-likeness (QED) is 0.400. The second-order valence-corrected chi connectivity index (χ2v) is 6.65. The summed E-state index contributed by atoms with van der Waals surface area (Å²) >= 11 is 0. The van der Waals surface area contributed by atoms with Gasteiger partial charge in [-0.05, 0) is 23.2 Å². The standard InChI is InChI=1S/C7H11N2O5PS/c1-6-2-4-7(5-3-6)16(13,14)9(8)15(10,11)12/h2-5H,8H2,1H3,(H2,10,11,12). The molecule has 0 unspecified atom stereocenters. The predicted octanol–water partition coefficient (Wildman–Crippen LogP) is -0.0479. The van der Waals surface area contributed by atoms with E-state index in [1.54, 1.807) is 6.92 Å². The number of aryl methyl sites for hydroxylation is 1. The summed E-state index contributed by atoms with van der Waals surface area (Å²) in [4.78, 5) is 17.1. The average Bonchev–Trinajstić information content (AvgIpc) is 2.16. The molecule has 0 saturated heterocycles. The van der Waals surface area contributed by atoms with Crippen molar-refractivity contribution in [1.82, 2.24) is 4.18 Å². The Morgan fingerprint density at radius 1 is 1.25 bits per heavy atom. The number of nitrogens with two attached hydrogens (primary N) is 1. The molecule has 9 heteroatoms. The van der Waals surface area contributed by atoms with Gasteiger partial charge in [0.15, 0.2) is 0 Å². The zero-order valence-corrected chi connectivity index (χ0v) is 10.0. The molecule has 1 aromatic rings. The maximum Gasteiger partial charge on any atom is 0.430 e. The van der Waals surface area contributed by atoms with Crippen molar-refractivity contribution in [3.63, 3.8) is 0 Å². The van der Waals surface area contributed by atoms with Crippen LogP contribution >= 0.6 is 7.75 Å². The summed E-state index contributed by atoms with van der Waals surface area (Å²) < 4.78 is 33.5. The van der Waals surface area contributed by atoms with Crippen molar-refractivity contribution < 1.29 is 22.8 Å². The van der Waals surface area contributed by atoms with Gasteiger partial charge in [-0.2, -0.15) is 0 Å². The van der Waals surface area contributed by atoms with Gasteiger partial charge in [-0.15, -0.1) is 0 Å². The molecule has 0 amide bonds. The Labute approximate surface area is 92.7 Å².